The highest BCUT2D eigenvalue weighted by atomic mass is 16.6. The van der Waals surface area contributed by atoms with Gasteiger partial charge in [-0.25, -0.2) is 0 Å². The van der Waals surface area contributed by atoms with Gasteiger partial charge in [0.15, 0.2) is 0 Å². The van der Waals surface area contributed by atoms with E-state index in [0.29, 0.717) is 12.6 Å². The molecule has 2 N–H and O–H groups in total. The molecule has 0 saturated carbocycles. The molecule has 6 heteroatoms. The lowest BCUT2D eigenvalue weighted by atomic mass is 10.2. The SMILES string of the molecule is CC(C)NCCNC(=O)C=Cc1ccc([N+](=O)[O-])cc1. The summed E-state index contributed by atoms with van der Waals surface area (Å²) in [5.74, 6) is -0.186. The van der Waals surface area contributed by atoms with Crippen molar-refractivity contribution >= 4 is 17.7 Å². The number of nitrogens with one attached hydrogen (secondary N) is 2. The van der Waals surface area contributed by atoms with Crippen LogP contribution < -0.4 is 10.6 Å². The van der Waals surface area contributed by atoms with Gasteiger partial charge in [0.2, 0.25) is 5.91 Å². The summed E-state index contributed by atoms with van der Waals surface area (Å²) in [5.41, 5.74) is 0.775. The van der Waals surface area contributed by atoms with Gasteiger partial charge >= 0.3 is 0 Å². The van der Waals surface area contributed by atoms with Gasteiger partial charge in [-0.1, -0.05) is 13.8 Å². The summed E-state index contributed by atoms with van der Waals surface area (Å²) >= 11 is 0. The van der Waals surface area contributed by atoms with Gasteiger partial charge < -0.3 is 10.6 Å². The first-order valence-electron chi connectivity index (χ1n) is 6.43. The molecule has 0 heterocycles. The molecular weight excluding hydrogens is 258 g/mol. The monoisotopic (exact) mass is 277 g/mol. The van der Waals surface area contributed by atoms with E-state index in [2.05, 4.69) is 10.6 Å². The van der Waals surface area contributed by atoms with Crippen molar-refractivity contribution in [2.75, 3.05) is 13.1 Å². The van der Waals surface area contributed by atoms with E-state index in [1.807, 2.05) is 13.8 Å². The molecule has 0 atom stereocenters. The molecule has 0 unspecified atom stereocenters. The largest absolute Gasteiger partial charge is 0.351 e. The van der Waals surface area contributed by atoms with Gasteiger partial charge in [0.1, 0.15) is 0 Å². The summed E-state index contributed by atoms with van der Waals surface area (Å²) < 4.78 is 0. The second kappa shape index (κ2) is 8.06. The molecule has 0 bridgehead atoms. The molecule has 6 nitrogen and oxygen atoms in total. The number of amides is 1. The van der Waals surface area contributed by atoms with Crippen LogP contribution in [0.4, 0.5) is 5.69 Å². The molecule has 0 aliphatic carbocycles. The van der Waals surface area contributed by atoms with Gasteiger partial charge in [0, 0.05) is 37.3 Å². The average Bonchev–Trinajstić information content (AvgIpc) is 2.41. The minimum absolute atomic E-state index is 0.0337. The van der Waals surface area contributed by atoms with Crippen LogP contribution in [0.3, 0.4) is 0 Å². The molecule has 0 saturated heterocycles. The first-order chi connectivity index (χ1) is 9.49. The molecule has 0 aliphatic rings. The maximum Gasteiger partial charge on any atom is 0.269 e. The Balaban J connectivity index is 2.39. The number of nitro groups is 1. The van der Waals surface area contributed by atoms with E-state index in [4.69, 9.17) is 0 Å². The minimum Gasteiger partial charge on any atom is -0.351 e. The zero-order valence-electron chi connectivity index (χ0n) is 11.6. The molecule has 1 aromatic rings. The van der Waals surface area contributed by atoms with Crippen molar-refractivity contribution in [2.45, 2.75) is 19.9 Å². The number of non-ortho nitro benzene ring substituents is 1. The van der Waals surface area contributed by atoms with Crippen LogP contribution in [0, 0.1) is 10.1 Å². The first kappa shape index (κ1) is 15.8. The molecule has 0 radical (unpaired) electrons. The summed E-state index contributed by atoms with van der Waals surface area (Å²) in [6.07, 6.45) is 3.03. The van der Waals surface area contributed by atoms with Gasteiger partial charge in [-0.05, 0) is 23.8 Å². The molecule has 0 aliphatic heterocycles. The van der Waals surface area contributed by atoms with Crippen LogP contribution in [0.2, 0.25) is 0 Å². The Labute approximate surface area is 118 Å². The van der Waals surface area contributed by atoms with Gasteiger partial charge in [-0.3, -0.25) is 14.9 Å². The standard InChI is InChI=1S/C14H19N3O3/c1-11(2)15-9-10-16-14(18)8-5-12-3-6-13(7-4-12)17(19)20/h3-8,11,15H,9-10H2,1-2H3,(H,16,18). The molecule has 0 aromatic heterocycles. The number of hydrogen-bond acceptors (Lipinski definition) is 4. The van der Waals surface area contributed by atoms with Crippen molar-refractivity contribution in [3.63, 3.8) is 0 Å². The molecule has 0 fully saturated rings. The number of nitro benzene ring substituents is 1. The van der Waals surface area contributed by atoms with Crippen molar-refractivity contribution in [2.24, 2.45) is 0 Å². The Morgan fingerprint density at radius 1 is 1.30 bits per heavy atom. The third-order valence-electron chi connectivity index (χ3n) is 2.51. The average molecular weight is 277 g/mol. The number of carbonyl (C=O) groups excluding carboxylic acids is 1. The Kier molecular flexibility index (Phi) is 6.39. The predicted molar refractivity (Wildman–Crippen MR) is 78.3 cm³/mol. The molecule has 1 rings (SSSR count). The zero-order valence-corrected chi connectivity index (χ0v) is 11.6. The molecule has 1 aromatic carbocycles. The predicted octanol–water partition coefficient (Wildman–Crippen LogP) is 1.72. The number of rotatable bonds is 7. The van der Waals surface area contributed by atoms with E-state index in [9.17, 15) is 14.9 Å². The summed E-state index contributed by atoms with van der Waals surface area (Å²) in [7, 11) is 0. The van der Waals surface area contributed by atoms with Gasteiger partial charge in [0.25, 0.3) is 5.69 Å². The highest BCUT2D eigenvalue weighted by Gasteiger charge is 2.02. The maximum atomic E-state index is 11.5. The molecule has 1 amide bonds. The lowest BCUT2D eigenvalue weighted by Gasteiger charge is -2.07. The van der Waals surface area contributed by atoms with Crippen LogP contribution in [0.15, 0.2) is 30.3 Å². The fourth-order valence-electron chi connectivity index (χ4n) is 1.48. The highest BCUT2D eigenvalue weighted by Crippen LogP contribution is 2.12. The Hall–Kier alpha value is -2.21. The summed E-state index contributed by atoms with van der Waals surface area (Å²) in [5, 5.41) is 16.4. The van der Waals surface area contributed by atoms with Crippen molar-refractivity contribution in [3.8, 4) is 0 Å². The molecule has 108 valence electrons. The Morgan fingerprint density at radius 3 is 2.50 bits per heavy atom. The minimum atomic E-state index is -0.456. The van der Waals surface area contributed by atoms with E-state index < -0.39 is 4.92 Å². The van der Waals surface area contributed by atoms with Gasteiger partial charge in [0.05, 0.1) is 4.92 Å². The van der Waals surface area contributed by atoms with Crippen LogP contribution in [0.25, 0.3) is 6.08 Å². The van der Waals surface area contributed by atoms with E-state index in [0.717, 1.165) is 12.1 Å². The third-order valence-corrected chi connectivity index (χ3v) is 2.51. The third kappa shape index (κ3) is 6.10. The van der Waals surface area contributed by atoms with Crippen LogP contribution >= 0.6 is 0 Å². The molecular formula is C14H19N3O3. The molecule has 20 heavy (non-hydrogen) atoms. The highest BCUT2D eigenvalue weighted by molar-refractivity contribution is 5.91. The first-order valence-corrected chi connectivity index (χ1v) is 6.43. The van der Waals surface area contributed by atoms with Crippen LogP contribution in [0.1, 0.15) is 19.4 Å². The molecule has 0 spiro atoms. The summed E-state index contributed by atoms with van der Waals surface area (Å²) in [4.78, 5) is 21.5. The quantitative estimate of drug-likeness (QED) is 0.344. The fraction of sp³-hybridized carbons (Fsp3) is 0.357. The van der Waals surface area contributed by atoms with Crippen LogP contribution in [-0.4, -0.2) is 30.0 Å². The van der Waals surface area contributed by atoms with Crippen LogP contribution in [-0.2, 0) is 4.79 Å². The Bertz CT molecular complexity index is 481. The van der Waals surface area contributed by atoms with Crippen LogP contribution in [0.5, 0.6) is 0 Å². The van der Waals surface area contributed by atoms with E-state index >= 15 is 0 Å². The second-order valence-electron chi connectivity index (χ2n) is 4.58. The van der Waals surface area contributed by atoms with Crippen molar-refractivity contribution in [1.82, 2.24) is 10.6 Å². The Morgan fingerprint density at radius 2 is 1.95 bits per heavy atom. The fourth-order valence-corrected chi connectivity index (χ4v) is 1.48. The lowest BCUT2D eigenvalue weighted by molar-refractivity contribution is -0.384. The lowest BCUT2D eigenvalue weighted by Crippen LogP contribution is -2.33. The maximum absolute atomic E-state index is 11.5. The van der Waals surface area contributed by atoms with Crippen molar-refractivity contribution < 1.29 is 9.72 Å². The van der Waals surface area contributed by atoms with E-state index in [1.54, 1.807) is 18.2 Å². The topological polar surface area (TPSA) is 84.3 Å². The van der Waals surface area contributed by atoms with Gasteiger partial charge in [-0.2, -0.15) is 0 Å². The number of benzene rings is 1. The smallest absolute Gasteiger partial charge is 0.269 e. The summed E-state index contributed by atoms with van der Waals surface area (Å²) in [6, 6.07) is 6.40. The van der Waals surface area contributed by atoms with E-state index in [-0.39, 0.29) is 11.6 Å². The second-order valence-corrected chi connectivity index (χ2v) is 4.58. The number of nitrogens with zero attached hydrogens (tertiary/aromatic N) is 1. The van der Waals surface area contributed by atoms with Gasteiger partial charge in [-0.15, -0.1) is 0 Å². The number of hydrogen-bond donors (Lipinski definition) is 2. The van der Waals surface area contributed by atoms with Crippen molar-refractivity contribution in [3.05, 3.63) is 46.0 Å². The normalized spacial score (nSPS) is 10.9. The van der Waals surface area contributed by atoms with Crippen molar-refractivity contribution in [1.29, 1.82) is 0 Å². The summed E-state index contributed by atoms with van der Waals surface area (Å²) in [6.45, 7) is 5.35. The van der Waals surface area contributed by atoms with E-state index in [1.165, 1.54) is 18.2 Å². The zero-order chi connectivity index (χ0) is 15.0. The number of carbonyl (C=O) groups is 1.